The molecule has 1 aromatic carbocycles. The molecule has 2 aromatic rings. The standard InChI is InChI=1S/C18H21N3O/c22-18(20-13-9-10-13)15-11-17(19-12-5-1-2-6-12)21-16-8-4-3-7-14(15)16/h3-4,7-8,11-13H,1-2,5-6,9-10H2,(H,19,21)(H,20,22). The first-order valence-corrected chi connectivity index (χ1v) is 8.27. The molecule has 4 heteroatoms. The van der Waals surface area contributed by atoms with Gasteiger partial charge >= 0.3 is 0 Å². The molecule has 0 saturated heterocycles. The van der Waals surface area contributed by atoms with Crippen molar-refractivity contribution in [3.05, 3.63) is 35.9 Å². The molecule has 22 heavy (non-hydrogen) atoms. The summed E-state index contributed by atoms with van der Waals surface area (Å²) in [4.78, 5) is 17.2. The molecule has 4 nitrogen and oxygen atoms in total. The molecule has 114 valence electrons. The van der Waals surface area contributed by atoms with Gasteiger partial charge < -0.3 is 10.6 Å². The smallest absolute Gasteiger partial charge is 0.252 e. The van der Waals surface area contributed by atoms with Crippen molar-refractivity contribution in [2.75, 3.05) is 5.32 Å². The largest absolute Gasteiger partial charge is 0.367 e. The average molecular weight is 295 g/mol. The number of nitrogens with one attached hydrogen (secondary N) is 2. The number of amides is 1. The normalized spacial score (nSPS) is 18.5. The number of hydrogen-bond acceptors (Lipinski definition) is 3. The summed E-state index contributed by atoms with van der Waals surface area (Å²) in [6.07, 6.45) is 7.14. The van der Waals surface area contributed by atoms with Gasteiger partial charge in [0.25, 0.3) is 5.91 Å². The third kappa shape index (κ3) is 2.78. The summed E-state index contributed by atoms with van der Waals surface area (Å²) in [6, 6.07) is 10.7. The van der Waals surface area contributed by atoms with Crippen LogP contribution in [0.3, 0.4) is 0 Å². The van der Waals surface area contributed by atoms with Gasteiger partial charge in [0.15, 0.2) is 0 Å². The number of aromatic nitrogens is 1. The molecule has 0 unspecified atom stereocenters. The molecular weight excluding hydrogens is 274 g/mol. The maximum atomic E-state index is 12.5. The molecule has 1 heterocycles. The molecule has 0 radical (unpaired) electrons. The van der Waals surface area contributed by atoms with Crippen LogP contribution in [0.4, 0.5) is 5.82 Å². The lowest BCUT2D eigenvalue weighted by Crippen LogP contribution is -2.26. The zero-order chi connectivity index (χ0) is 14.9. The number of pyridine rings is 1. The highest BCUT2D eigenvalue weighted by molar-refractivity contribution is 6.07. The zero-order valence-corrected chi connectivity index (χ0v) is 12.6. The van der Waals surface area contributed by atoms with Crippen molar-refractivity contribution >= 4 is 22.6 Å². The van der Waals surface area contributed by atoms with Crippen LogP contribution in [0.1, 0.15) is 48.9 Å². The van der Waals surface area contributed by atoms with Crippen molar-refractivity contribution < 1.29 is 4.79 Å². The number of hydrogen-bond donors (Lipinski definition) is 2. The Morgan fingerprint density at radius 1 is 1.05 bits per heavy atom. The van der Waals surface area contributed by atoms with E-state index in [4.69, 9.17) is 0 Å². The number of fused-ring (bicyclic) bond motifs is 1. The summed E-state index contributed by atoms with van der Waals surface area (Å²) >= 11 is 0. The van der Waals surface area contributed by atoms with Gasteiger partial charge in [-0.3, -0.25) is 4.79 Å². The third-order valence-corrected chi connectivity index (χ3v) is 4.58. The number of nitrogens with zero attached hydrogens (tertiary/aromatic N) is 1. The van der Waals surface area contributed by atoms with Gasteiger partial charge in [-0.2, -0.15) is 0 Å². The lowest BCUT2D eigenvalue weighted by atomic mass is 10.1. The van der Waals surface area contributed by atoms with E-state index in [1.165, 1.54) is 25.7 Å². The molecule has 0 atom stereocenters. The second kappa shape index (κ2) is 5.59. The molecule has 2 N–H and O–H groups in total. The van der Waals surface area contributed by atoms with Crippen molar-refractivity contribution in [1.82, 2.24) is 10.3 Å². The number of carbonyl (C=O) groups is 1. The first-order chi connectivity index (χ1) is 10.8. The van der Waals surface area contributed by atoms with Crippen LogP contribution < -0.4 is 10.6 Å². The third-order valence-electron chi connectivity index (χ3n) is 4.58. The summed E-state index contributed by atoms with van der Waals surface area (Å²) in [6.45, 7) is 0. The highest BCUT2D eigenvalue weighted by Crippen LogP contribution is 2.26. The van der Waals surface area contributed by atoms with E-state index in [0.717, 1.165) is 35.1 Å². The van der Waals surface area contributed by atoms with Gasteiger partial charge in [-0.15, -0.1) is 0 Å². The van der Waals surface area contributed by atoms with Crippen LogP contribution >= 0.6 is 0 Å². The summed E-state index contributed by atoms with van der Waals surface area (Å²) in [5, 5.41) is 7.52. The van der Waals surface area contributed by atoms with Gasteiger partial charge in [-0.1, -0.05) is 31.0 Å². The van der Waals surface area contributed by atoms with Crippen LogP contribution in [-0.2, 0) is 0 Å². The van der Waals surface area contributed by atoms with Gasteiger partial charge in [0.1, 0.15) is 5.82 Å². The van der Waals surface area contributed by atoms with Crippen molar-refractivity contribution in [1.29, 1.82) is 0 Å². The van der Waals surface area contributed by atoms with Gasteiger partial charge in [-0.25, -0.2) is 4.98 Å². The van der Waals surface area contributed by atoms with E-state index in [0.29, 0.717) is 12.1 Å². The fourth-order valence-corrected chi connectivity index (χ4v) is 3.21. The Morgan fingerprint density at radius 2 is 1.82 bits per heavy atom. The quantitative estimate of drug-likeness (QED) is 0.908. The molecule has 1 amide bonds. The number of rotatable bonds is 4. The Hall–Kier alpha value is -2.10. The minimum absolute atomic E-state index is 0.0237. The molecule has 0 bridgehead atoms. The highest BCUT2D eigenvalue weighted by atomic mass is 16.1. The zero-order valence-electron chi connectivity index (χ0n) is 12.6. The first-order valence-electron chi connectivity index (χ1n) is 8.27. The summed E-state index contributed by atoms with van der Waals surface area (Å²) in [7, 11) is 0. The van der Waals surface area contributed by atoms with Crippen molar-refractivity contribution in [3.8, 4) is 0 Å². The van der Waals surface area contributed by atoms with E-state index in [2.05, 4.69) is 15.6 Å². The Bertz CT molecular complexity index is 703. The topological polar surface area (TPSA) is 54.0 Å². The SMILES string of the molecule is O=C(NC1CC1)c1cc(NC2CCCC2)nc2ccccc12. The first kappa shape index (κ1) is 13.6. The second-order valence-electron chi connectivity index (χ2n) is 6.45. The summed E-state index contributed by atoms with van der Waals surface area (Å²) < 4.78 is 0. The molecule has 2 saturated carbocycles. The minimum Gasteiger partial charge on any atom is -0.367 e. The Balaban J connectivity index is 1.69. The Morgan fingerprint density at radius 3 is 2.59 bits per heavy atom. The van der Waals surface area contributed by atoms with E-state index >= 15 is 0 Å². The maximum absolute atomic E-state index is 12.5. The maximum Gasteiger partial charge on any atom is 0.252 e. The fourth-order valence-electron chi connectivity index (χ4n) is 3.21. The second-order valence-corrected chi connectivity index (χ2v) is 6.45. The van der Waals surface area contributed by atoms with Crippen molar-refractivity contribution in [2.45, 2.75) is 50.6 Å². The van der Waals surface area contributed by atoms with Crippen LogP contribution in [0.25, 0.3) is 10.9 Å². The molecule has 4 rings (SSSR count). The van der Waals surface area contributed by atoms with E-state index in [1.807, 2.05) is 30.3 Å². The molecule has 0 spiro atoms. The van der Waals surface area contributed by atoms with Crippen molar-refractivity contribution in [2.24, 2.45) is 0 Å². The van der Waals surface area contributed by atoms with Gasteiger partial charge in [-0.05, 0) is 37.8 Å². The molecule has 0 aliphatic heterocycles. The molecule has 1 aromatic heterocycles. The molecule has 2 fully saturated rings. The summed E-state index contributed by atoms with van der Waals surface area (Å²) in [5.41, 5.74) is 1.62. The lowest BCUT2D eigenvalue weighted by Gasteiger charge is -2.15. The van der Waals surface area contributed by atoms with Crippen LogP contribution in [0.5, 0.6) is 0 Å². The monoisotopic (exact) mass is 295 g/mol. The molecule has 2 aliphatic rings. The molecular formula is C18H21N3O. The van der Waals surface area contributed by atoms with Crippen LogP contribution in [0.2, 0.25) is 0 Å². The number of carbonyl (C=O) groups excluding carboxylic acids is 1. The van der Waals surface area contributed by atoms with Crippen LogP contribution in [0, 0.1) is 0 Å². The van der Waals surface area contributed by atoms with Gasteiger partial charge in [0, 0.05) is 17.5 Å². The van der Waals surface area contributed by atoms with E-state index in [-0.39, 0.29) is 5.91 Å². The van der Waals surface area contributed by atoms with E-state index in [9.17, 15) is 4.79 Å². The minimum atomic E-state index is 0.0237. The van der Waals surface area contributed by atoms with E-state index in [1.54, 1.807) is 0 Å². The predicted octanol–water partition coefficient (Wildman–Crippen LogP) is 3.48. The number of anilines is 1. The Labute approximate surface area is 130 Å². The molecule has 2 aliphatic carbocycles. The average Bonchev–Trinajstić information content (AvgIpc) is 3.20. The van der Waals surface area contributed by atoms with Gasteiger partial charge in [0.2, 0.25) is 0 Å². The van der Waals surface area contributed by atoms with Crippen LogP contribution in [0.15, 0.2) is 30.3 Å². The lowest BCUT2D eigenvalue weighted by molar-refractivity contribution is 0.0952. The number of benzene rings is 1. The van der Waals surface area contributed by atoms with E-state index < -0.39 is 0 Å². The Kier molecular flexibility index (Phi) is 3.45. The summed E-state index contributed by atoms with van der Waals surface area (Å²) in [5.74, 6) is 0.849. The number of para-hydroxylation sites is 1. The van der Waals surface area contributed by atoms with Crippen molar-refractivity contribution in [3.63, 3.8) is 0 Å². The van der Waals surface area contributed by atoms with Crippen LogP contribution in [-0.4, -0.2) is 23.0 Å². The highest BCUT2D eigenvalue weighted by Gasteiger charge is 2.25. The predicted molar refractivity (Wildman–Crippen MR) is 88.1 cm³/mol. The van der Waals surface area contributed by atoms with Gasteiger partial charge in [0.05, 0.1) is 11.1 Å². The fraction of sp³-hybridized carbons (Fsp3) is 0.444.